The Labute approximate surface area is 235 Å². The van der Waals surface area contributed by atoms with Gasteiger partial charge in [0.25, 0.3) is 0 Å². The predicted molar refractivity (Wildman–Crippen MR) is 159 cm³/mol. The number of nitrogens with zero attached hydrogens (tertiary/aromatic N) is 3. The van der Waals surface area contributed by atoms with Gasteiger partial charge in [0.2, 0.25) is 0 Å². The summed E-state index contributed by atoms with van der Waals surface area (Å²) in [6, 6.07) is 20.6. The van der Waals surface area contributed by atoms with E-state index in [2.05, 4.69) is 72.5 Å². The van der Waals surface area contributed by atoms with E-state index in [9.17, 15) is 4.79 Å². The topological polar surface area (TPSA) is 58.4 Å². The molecule has 4 aromatic rings. The first-order valence-corrected chi connectivity index (χ1v) is 14.0. The second-order valence-corrected chi connectivity index (χ2v) is 10.5. The number of aliphatic hydroxyl groups excluding tert-OH is 1. The van der Waals surface area contributed by atoms with Gasteiger partial charge in [-0.25, -0.2) is 4.39 Å². The number of aromatic nitrogens is 2. The number of rotatable bonds is 7. The lowest BCUT2D eigenvalue weighted by molar-refractivity contribution is -0.104. The number of carbonyl (C=O) groups is 1. The fraction of sp³-hybridized carbons (Fsp3) is 0.294. The molecular weight excluding hydrogens is 501 g/mol. The summed E-state index contributed by atoms with van der Waals surface area (Å²) >= 11 is 0. The Morgan fingerprint density at radius 3 is 2.40 bits per heavy atom. The van der Waals surface area contributed by atoms with E-state index in [0.29, 0.717) is 23.3 Å². The highest BCUT2D eigenvalue weighted by Crippen LogP contribution is 2.45. The lowest BCUT2D eigenvalue weighted by Gasteiger charge is -2.44. The van der Waals surface area contributed by atoms with Crippen molar-refractivity contribution < 1.29 is 14.3 Å². The molecule has 1 aliphatic heterocycles. The molecule has 1 aliphatic carbocycles. The number of aliphatic hydroxyl groups is 1. The zero-order chi connectivity index (χ0) is 28.2. The Balaban J connectivity index is 0.00000158. The Hall–Kier alpha value is -4.03. The average Bonchev–Trinajstić information content (AvgIpc) is 3.72. The lowest BCUT2D eigenvalue weighted by Crippen LogP contribution is -2.43. The Bertz CT molecular complexity index is 1500. The first-order valence-electron chi connectivity index (χ1n) is 14.0. The molecule has 1 aromatic heterocycles. The fourth-order valence-corrected chi connectivity index (χ4v) is 5.81. The molecule has 6 rings (SSSR count). The highest BCUT2D eigenvalue weighted by atomic mass is 19.1. The molecular formula is C34H36FN3O2. The van der Waals surface area contributed by atoms with Crippen LogP contribution in [0, 0.1) is 5.82 Å². The van der Waals surface area contributed by atoms with Gasteiger partial charge >= 0.3 is 0 Å². The molecule has 2 heterocycles. The second kappa shape index (κ2) is 12.0. The van der Waals surface area contributed by atoms with Crippen LogP contribution in [0.15, 0.2) is 79.1 Å². The maximum Gasteiger partial charge on any atom is 0.142 e. The van der Waals surface area contributed by atoms with E-state index in [1.54, 1.807) is 6.08 Å². The smallest absolute Gasteiger partial charge is 0.142 e. The molecule has 5 nitrogen and oxygen atoms in total. The molecule has 0 bridgehead atoms. The highest BCUT2D eigenvalue weighted by molar-refractivity contribution is 5.74. The van der Waals surface area contributed by atoms with Gasteiger partial charge < -0.3 is 10.0 Å². The van der Waals surface area contributed by atoms with Gasteiger partial charge in [0.15, 0.2) is 0 Å². The third-order valence-electron chi connectivity index (χ3n) is 7.92. The van der Waals surface area contributed by atoms with Crippen molar-refractivity contribution >= 4 is 18.0 Å². The second-order valence-electron chi connectivity index (χ2n) is 10.5. The van der Waals surface area contributed by atoms with E-state index in [-0.39, 0.29) is 17.9 Å². The van der Waals surface area contributed by atoms with Crippen LogP contribution in [0.4, 0.5) is 10.1 Å². The molecule has 0 spiro atoms. The summed E-state index contributed by atoms with van der Waals surface area (Å²) in [5.74, 6) is 0.426. The summed E-state index contributed by atoms with van der Waals surface area (Å²) in [6.07, 6.45) is 11.1. The molecule has 40 heavy (non-hydrogen) atoms. The SMILES string of the molecule is CCn1cc(-c2ccc3c(c2)CC(C)N(c2ccc(C4CC4)cc2)C3c2ccc(/C=C/C=O)cc2F)cn1.CO. The van der Waals surface area contributed by atoms with Gasteiger partial charge in [-0.15, -0.1) is 0 Å². The number of hydrogen-bond acceptors (Lipinski definition) is 4. The van der Waals surface area contributed by atoms with Crippen molar-refractivity contribution in [1.82, 2.24) is 9.78 Å². The largest absolute Gasteiger partial charge is 0.400 e. The number of carbonyl (C=O) groups excluding carboxylic acids is 1. The number of allylic oxidation sites excluding steroid dienone is 1. The van der Waals surface area contributed by atoms with Crippen LogP contribution in [0.3, 0.4) is 0 Å². The number of hydrogen-bond donors (Lipinski definition) is 1. The quantitative estimate of drug-likeness (QED) is 0.205. The Morgan fingerprint density at radius 1 is 1.00 bits per heavy atom. The summed E-state index contributed by atoms with van der Waals surface area (Å²) in [6.45, 7) is 5.14. The van der Waals surface area contributed by atoms with Crippen molar-refractivity contribution in [3.05, 3.63) is 113 Å². The average molecular weight is 538 g/mol. The Kier molecular flexibility index (Phi) is 8.27. The van der Waals surface area contributed by atoms with E-state index >= 15 is 4.39 Å². The number of benzene rings is 3. The molecule has 6 heteroatoms. The van der Waals surface area contributed by atoms with Crippen LogP contribution >= 0.6 is 0 Å². The molecule has 2 aliphatic rings. The van der Waals surface area contributed by atoms with E-state index in [1.807, 2.05) is 23.0 Å². The monoisotopic (exact) mass is 537 g/mol. The van der Waals surface area contributed by atoms with Crippen LogP contribution in [0.2, 0.25) is 0 Å². The van der Waals surface area contributed by atoms with Crippen molar-refractivity contribution in [2.45, 2.75) is 57.7 Å². The van der Waals surface area contributed by atoms with Gasteiger partial charge in [-0.2, -0.15) is 5.10 Å². The Morgan fingerprint density at radius 2 is 1.75 bits per heavy atom. The van der Waals surface area contributed by atoms with Gasteiger partial charge in [-0.1, -0.05) is 48.5 Å². The van der Waals surface area contributed by atoms with Crippen LogP contribution in [0.5, 0.6) is 0 Å². The van der Waals surface area contributed by atoms with E-state index < -0.39 is 0 Å². The van der Waals surface area contributed by atoms with Gasteiger partial charge in [-0.05, 0) is 91.1 Å². The van der Waals surface area contributed by atoms with Gasteiger partial charge in [0.1, 0.15) is 12.1 Å². The molecule has 1 saturated carbocycles. The third kappa shape index (κ3) is 5.50. The molecule has 2 atom stereocenters. The molecule has 0 radical (unpaired) electrons. The zero-order valence-electron chi connectivity index (χ0n) is 23.3. The molecule has 206 valence electrons. The third-order valence-corrected chi connectivity index (χ3v) is 7.92. The number of anilines is 1. The number of aldehydes is 1. The molecule has 0 amide bonds. The minimum Gasteiger partial charge on any atom is -0.400 e. The summed E-state index contributed by atoms with van der Waals surface area (Å²) in [4.78, 5) is 13.1. The van der Waals surface area contributed by atoms with Crippen LogP contribution < -0.4 is 4.90 Å². The van der Waals surface area contributed by atoms with Crippen molar-refractivity contribution in [2.24, 2.45) is 0 Å². The zero-order valence-corrected chi connectivity index (χ0v) is 23.3. The normalized spacial score (nSPS) is 18.3. The molecule has 1 N–H and O–H groups in total. The first-order chi connectivity index (χ1) is 19.6. The maximum absolute atomic E-state index is 15.8. The number of halogens is 1. The molecule has 1 fully saturated rings. The van der Waals surface area contributed by atoms with Gasteiger partial charge in [0, 0.05) is 42.7 Å². The van der Waals surface area contributed by atoms with E-state index in [1.165, 1.54) is 36.1 Å². The summed E-state index contributed by atoms with van der Waals surface area (Å²) in [5.41, 5.74) is 8.39. The van der Waals surface area contributed by atoms with Crippen molar-refractivity contribution in [3.8, 4) is 11.1 Å². The molecule has 2 unspecified atom stereocenters. The van der Waals surface area contributed by atoms with Gasteiger partial charge in [-0.3, -0.25) is 9.48 Å². The van der Waals surface area contributed by atoms with Crippen molar-refractivity contribution in [2.75, 3.05) is 12.0 Å². The van der Waals surface area contributed by atoms with Crippen molar-refractivity contribution in [3.63, 3.8) is 0 Å². The summed E-state index contributed by atoms with van der Waals surface area (Å²) in [7, 11) is 1.00. The van der Waals surface area contributed by atoms with Crippen LogP contribution in [-0.2, 0) is 17.8 Å². The molecule has 3 aromatic carbocycles. The van der Waals surface area contributed by atoms with Crippen LogP contribution in [-0.4, -0.2) is 34.3 Å². The first kappa shape index (κ1) is 27.5. The standard InChI is InChI=1S/C33H32FN3O.CH4O/c1-3-36-21-28(20-35-36)26-11-15-30-27(19-26)17-22(2)37(29-12-9-25(10-13-29)24-7-8-24)33(30)31-14-6-23(5-4-16-38)18-32(31)34;1-2/h4-6,9-16,18-22,24,33H,3,7-8,17H2,1-2H3;2H,1H3/b5-4+;. The minimum absolute atomic E-state index is 0.168. The summed E-state index contributed by atoms with van der Waals surface area (Å²) in [5, 5.41) is 11.4. The molecule has 0 saturated heterocycles. The van der Waals surface area contributed by atoms with Crippen molar-refractivity contribution in [1.29, 1.82) is 0 Å². The van der Waals surface area contributed by atoms with Crippen LogP contribution in [0.1, 0.15) is 66.5 Å². The van der Waals surface area contributed by atoms with Crippen LogP contribution in [0.25, 0.3) is 17.2 Å². The predicted octanol–water partition coefficient (Wildman–Crippen LogP) is 6.95. The summed E-state index contributed by atoms with van der Waals surface area (Å²) < 4.78 is 17.7. The maximum atomic E-state index is 15.8. The number of aryl methyl sites for hydroxylation is 1. The highest BCUT2D eigenvalue weighted by Gasteiger charge is 2.35. The minimum atomic E-state index is -0.268. The fourth-order valence-electron chi connectivity index (χ4n) is 5.81. The van der Waals surface area contributed by atoms with Gasteiger partial charge in [0.05, 0.1) is 12.2 Å². The lowest BCUT2D eigenvalue weighted by atomic mass is 9.83. The number of fused-ring (bicyclic) bond motifs is 1. The van der Waals surface area contributed by atoms with E-state index in [4.69, 9.17) is 5.11 Å². The van der Waals surface area contributed by atoms with E-state index in [0.717, 1.165) is 42.5 Å².